The van der Waals surface area contributed by atoms with Crippen LogP contribution in [0.3, 0.4) is 0 Å². The summed E-state index contributed by atoms with van der Waals surface area (Å²) < 4.78 is 37.1. The smallest absolute Gasteiger partial charge is 0.359 e. The van der Waals surface area contributed by atoms with Gasteiger partial charge in [0.25, 0.3) is 11.6 Å². The third-order valence-electron chi connectivity index (χ3n) is 1.76. The van der Waals surface area contributed by atoms with Crippen molar-refractivity contribution in [2.75, 3.05) is 0 Å². The Kier molecular flexibility index (Phi) is 2.59. The lowest BCUT2D eigenvalue weighted by Gasteiger charge is -2.33. The minimum Gasteiger partial charge on any atom is -0.359 e. The van der Waals surface area contributed by atoms with Gasteiger partial charge < -0.3 is 10.5 Å². The number of nitrogens with zero attached hydrogens (tertiary/aromatic N) is 2. The van der Waals surface area contributed by atoms with E-state index in [1.807, 2.05) is 5.43 Å². The van der Waals surface area contributed by atoms with Crippen LogP contribution in [0.25, 0.3) is 0 Å². The molecule has 1 aliphatic heterocycles. The Balaban J connectivity index is 2.95. The molecule has 1 rings (SSSR count). The Morgan fingerprint density at radius 2 is 2.27 bits per heavy atom. The van der Waals surface area contributed by atoms with Crippen molar-refractivity contribution in [3.05, 3.63) is 12.3 Å². The molecule has 0 aliphatic carbocycles. The predicted octanol–water partition coefficient (Wildman–Crippen LogP) is 0.0115. The van der Waals surface area contributed by atoms with E-state index >= 15 is 0 Å². The minimum absolute atomic E-state index is 0.0315. The highest BCUT2D eigenvalue weighted by atomic mass is 19.4. The number of alkyl halides is 3. The van der Waals surface area contributed by atoms with Gasteiger partial charge in [-0.1, -0.05) is 0 Å². The number of hydrogen-bond acceptors (Lipinski definition) is 4. The van der Waals surface area contributed by atoms with Crippen LogP contribution in [0, 0.1) is 11.3 Å². The van der Waals surface area contributed by atoms with Crippen molar-refractivity contribution >= 4 is 5.91 Å². The number of nitriles is 1. The maximum atomic E-state index is 12.4. The fraction of sp³-hybridized carbons (Fsp3) is 0.429. The highest BCUT2D eigenvalue weighted by molar-refractivity contribution is 5.79. The van der Waals surface area contributed by atoms with Crippen molar-refractivity contribution in [2.24, 2.45) is 0 Å². The zero-order chi connectivity index (χ0) is 11.7. The third kappa shape index (κ3) is 1.73. The van der Waals surface area contributed by atoms with Gasteiger partial charge in [0.15, 0.2) is 0 Å². The van der Waals surface area contributed by atoms with Crippen LogP contribution < -0.4 is 5.43 Å². The number of hydrogen-bond donors (Lipinski definition) is 2. The molecule has 0 saturated carbocycles. The van der Waals surface area contributed by atoms with E-state index in [0.717, 1.165) is 6.20 Å². The van der Waals surface area contributed by atoms with Crippen LogP contribution in [0.5, 0.6) is 0 Å². The molecule has 0 aromatic rings. The molecule has 1 amide bonds. The quantitative estimate of drug-likeness (QED) is 0.654. The molecular formula is C7H6F3N3O2. The molecule has 0 bridgehead atoms. The Morgan fingerprint density at radius 1 is 1.67 bits per heavy atom. The lowest BCUT2D eigenvalue weighted by atomic mass is 10.2. The van der Waals surface area contributed by atoms with Gasteiger partial charge in [0.05, 0.1) is 6.07 Å². The second-order valence-electron chi connectivity index (χ2n) is 2.75. The molecule has 8 heteroatoms. The summed E-state index contributed by atoms with van der Waals surface area (Å²) >= 11 is 0. The maximum absolute atomic E-state index is 12.4. The van der Waals surface area contributed by atoms with Gasteiger partial charge in [-0.3, -0.25) is 4.79 Å². The van der Waals surface area contributed by atoms with Crippen LogP contribution in [-0.2, 0) is 4.79 Å². The summed E-state index contributed by atoms with van der Waals surface area (Å²) in [7, 11) is 0. The Morgan fingerprint density at radius 3 is 2.73 bits per heavy atom. The number of halogens is 3. The number of carbonyl (C=O) groups is 1. The standard InChI is InChI=1S/C7H6F3N3O2/c8-7(9,10)6(15)2-4-12-13(6)5(14)1-3-11/h2,4,12,15H,1H2/t6-/m0/s1. The van der Waals surface area contributed by atoms with Gasteiger partial charge in [-0.25, -0.2) is 5.01 Å². The SMILES string of the molecule is N#CCC(=O)N1NC=C[C@]1(O)C(F)(F)F. The van der Waals surface area contributed by atoms with E-state index in [2.05, 4.69) is 0 Å². The molecule has 1 aliphatic rings. The van der Waals surface area contributed by atoms with Gasteiger partial charge in [0.2, 0.25) is 0 Å². The van der Waals surface area contributed by atoms with E-state index < -0.39 is 24.2 Å². The first-order valence-corrected chi connectivity index (χ1v) is 3.76. The van der Waals surface area contributed by atoms with Crippen LogP contribution in [0.15, 0.2) is 12.3 Å². The molecule has 0 fully saturated rings. The highest BCUT2D eigenvalue weighted by Crippen LogP contribution is 2.36. The van der Waals surface area contributed by atoms with Crippen molar-refractivity contribution in [1.29, 1.82) is 5.26 Å². The lowest BCUT2D eigenvalue weighted by molar-refractivity contribution is -0.288. The second kappa shape index (κ2) is 3.43. The summed E-state index contributed by atoms with van der Waals surface area (Å²) in [6, 6.07) is 1.40. The molecule has 1 atom stereocenters. The molecule has 5 nitrogen and oxygen atoms in total. The number of aliphatic hydroxyl groups is 1. The Hall–Kier alpha value is -1.75. The molecule has 2 N–H and O–H groups in total. The van der Waals surface area contributed by atoms with Crippen LogP contribution in [0.4, 0.5) is 13.2 Å². The Bertz CT molecular complexity index is 346. The van der Waals surface area contributed by atoms with E-state index in [4.69, 9.17) is 5.26 Å². The van der Waals surface area contributed by atoms with Crippen LogP contribution in [-0.4, -0.2) is 27.9 Å². The van der Waals surface area contributed by atoms with Gasteiger partial charge in [0.1, 0.15) is 6.42 Å². The molecular weight excluding hydrogens is 215 g/mol. The van der Waals surface area contributed by atoms with E-state index in [0.29, 0.717) is 6.08 Å². The van der Waals surface area contributed by atoms with Gasteiger partial charge >= 0.3 is 6.18 Å². The normalized spacial score (nSPS) is 24.9. The topological polar surface area (TPSA) is 76.4 Å². The fourth-order valence-electron chi connectivity index (χ4n) is 1.03. The molecule has 0 saturated heterocycles. The number of amides is 1. The van der Waals surface area contributed by atoms with Crippen molar-refractivity contribution in [3.8, 4) is 6.07 Å². The van der Waals surface area contributed by atoms with Gasteiger partial charge in [-0.05, 0) is 6.08 Å². The van der Waals surface area contributed by atoms with Crippen LogP contribution >= 0.6 is 0 Å². The molecule has 1 heterocycles. The summed E-state index contributed by atoms with van der Waals surface area (Å²) in [4.78, 5) is 11.0. The summed E-state index contributed by atoms with van der Waals surface area (Å²) in [5, 5.41) is 17.3. The van der Waals surface area contributed by atoms with Crippen molar-refractivity contribution in [1.82, 2.24) is 10.4 Å². The van der Waals surface area contributed by atoms with E-state index in [1.54, 1.807) is 0 Å². The summed E-state index contributed by atoms with van der Waals surface area (Å²) in [6.45, 7) is 0. The lowest BCUT2D eigenvalue weighted by Crippen LogP contribution is -2.60. The van der Waals surface area contributed by atoms with Gasteiger partial charge in [-0.2, -0.15) is 18.4 Å². The van der Waals surface area contributed by atoms with Crippen molar-refractivity contribution in [2.45, 2.75) is 18.3 Å². The van der Waals surface area contributed by atoms with Crippen molar-refractivity contribution in [3.63, 3.8) is 0 Å². The molecule has 0 spiro atoms. The average Bonchev–Trinajstić information content (AvgIpc) is 2.48. The first-order chi connectivity index (χ1) is 6.83. The predicted molar refractivity (Wildman–Crippen MR) is 40.4 cm³/mol. The largest absolute Gasteiger partial charge is 0.442 e. The number of rotatable bonds is 1. The zero-order valence-corrected chi connectivity index (χ0v) is 7.25. The summed E-state index contributed by atoms with van der Waals surface area (Å²) in [5.74, 6) is -1.16. The molecule has 0 radical (unpaired) electrons. The van der Waals surface area contributed by atoms with Crippen LogP contribution in [0.2, 0.25) is 0 Å². The monoisotopic (exact) mass is 221 g/mol. The maximum Gasteiger partial charge on any atom is 0.442 e. The number of carbonyl (C=O) groups excluding carboxylic acids is 1. The average molecular weight is 221 g/mol. The highest BCUT2D eigenvalue weighted by Gasteiger charge is 2.60. The van der Waals surface area contributed by atoms with Gasteiger partial charge in [-0.15, -0.1) is 0 Å². The third-order valence-corrected chi connectivity index (χ3v) is 1.76. The first kappa shape index (κ1) is 11.3. The summed E-state index contributed by atoms with van der Waals surface area (Å²) in [5.41, 5.74) is -1.47. The van der Waals surface area contributed by atoms with Gasteiger partial charge in [0, 0.05) is 6.20 Å². The zero-order valence-electron chi connectivity index (χ0n) is 7.25. The summed E-state index contributed by atoms with van der Waals surface area (Å²) in [6.07, 6.45) is -4.61. The number of hydrazine groups is 1. The molecule has 0 aromatic carbocycles. The second-order valence-corrected chi connectivity index (χ2v) is 2.75. The van der Waals surface area contributed by atoms with Crippen molar-refractivity contribution < 1.29 is 23.1 Å². The molecule has 15 heavy (non-hydrogen) atoms. The number of nitrogens with one attached hydrogen (secondary N) is 1. The Labute approximate surface area is 82.4 Å². The van der Waals surface area contributed by atoms with E-state index in [-0.39, 0.29) is 5.01 Å². The fourth-order valence-corrected chi connectivity index (χ4v) is 1.03. The first-order valence-electron chi connectivity index (χ1n) is 3.76. The molecule has 0 aromatic heterocycles. The van der Waals surface area contributed by atoms with E-state index in [1.165, 1.54) is 6.07 Å². The van der Waals surface area contributed by atoms with Crippen LogP contribution in [0.1, 0.15) is 6.42 Å². The molecule has 82 valence electrons. The minimum atomic E-state index is -5.03. The molecule has 0 unspecified atom stereocenters. The van der Waals surface area contributed by atoms with E-state index in [9.17, 15) is 23.1 Å².